The molecule has 1 aliphatic rings. The molecule has 1 aliphatic heterocycles. The lowest BCUT2D eigenvalue weighted by Gasteiger charge is -2.08. The Morgan fingerprint density at radius 3 is 2.82 bits per heavy atom. The van der Waals surface area contributed by atoms with E-state index in [1.165, 1.54) is 25.7 Å². The zero-order valence-electron chi connectivity index (χ0n) is 6.77. The minimum absolute atomic E-state index is 0.00750. The van der Waals surface area contributed by atoms with Crippen LogP contribution < -0.4 is 10.9 Å². The third kappa shape index (κ3) is 3.35. The fourth-order valence-electron chi connectivity index (χ4n) is 1.28. The second kappa shape index (κ2) is 5.11. The molecule has 62 valence electrons. The molecule has 0 radical (unpaired) electrons. The highest BCUT2D eigenvalue weighted by Crippen LogP contribution is 2.06. The third-order valence-corrected chi connectivity index (χ3v) is 1.98. The zero-order chi connectivity index (χ0) is 7.94. The van der Waals surface area contributed by atoms with Crippen molar-refractivity contribution in [1.29, 1.82) is 5.26 Å². The monoisotopic (exact) mass is 153 g/mol. The van der Waals surface area contributed by atoms with Gasteiger partial charge in [0.15, 0.2) is 0 Å². The van der Waals surface area contributed by atoms with Gasteiger partial charge in [0.1, 0.15) is 6.04 Å². The third-order valence-electron chi connectivity index (χ3n) is 1.98. The Labute approximate surface area is 67.8 Å². The smallest absolute Gasteiger partial charge is 0.108 e. The van der Waals surface area contributed by atoms with Gasteiger partial charge in [-0.3, -0.25) is 5.43 Å². The molecule has 3 heteroatoms. The molecule has 0 aromatic rings. The first-order valence-electron chi connectivity index (χ1n) is 4.31. The SMILES string of the molecule is N#CC1CCCCCCNN1. The molecule has 0 bridgehead atoms. The Balaban J connectivity index is 2.26. The lowest BCUT2D eigenvalue weighted by atomic mass is 10.1. The van der Waals surface area contributed by atoms with Crippen LogP contribution in [0.3, 0.4) is 0 Å². The Kier molecular flexibility index (Phi) is 3.95. The van der Waals surface area contributed by atoms with Crippen LogP contribution in [0.4, 0.5) is 0 Å². The number of nitrogens with zero attached hydrogens (tertiary/aromatic N) is 1. The normalized spacial score (nSPS) is 27.7. The molecule has 1 saturated heterocycles. The maximum Gasteiger partial charge on any atom is 0.108 e. The quantitative estimate of drug-likeness (QED) is 0.544. The van der Waals surface area contributed by atoms with Crippen molar-refractivity contribution >= 4 is 0 Å². The molecule has 3 nitrogen and oxygen atoms in total. The van der Waals surface area contributed by atoms with Crippen LogP contribution in [-0.2, 0) is 0 Å². The van der Waals surface area contributed by atoms with Gasteiger partial charge in [-0.25, -0.2) is 5.43 Å². The summed E-state index contributed by atoms with van der Waals surface area (Å²) >= 11 is 0. The summed E-state index contributed by atoms with van der Waals surface area (Å²) in [7, 11) is 0. The van der Waals surface area contributed by atoms with E-state index in [9.17, 15) is 0 Å². The van der Waals surface area contributed by atoms with Crippen LogP contribution in [0.15, 0.2) is 0 Å². The number of rotatable bonds is 0. The van der Waals surface area contributed by atoms with Gasteiger partial charge in [-0.2, -0.15) is 5.26 Å². The lowest BCUT2D eigenvalue weighted by molar-refractivity contribution is 0.473. The van der Waals surface area contributed by atoms with Crippen molar-refractivity contribution in [3.63, 3.8) is 0 Å². The first kappa shape index (κ1) is 8.51. The first-order valence-corrected chi connectivity index (χ1v) is 4.31. The predicted octanol–water partition coefficient (Wildman–Crippen LogP) is 0.937. The molecule has 11 heavy (non-hydrogen) atoms. The van der Waals surface area contributed by atoms with E-state index in [2.05, 4.69) is 16.9 Å². The van der Waals surface area contributed by atoms with Crippen molar-refractivity contribution in [2.45, 2.75) is 38.1 Å². The largest absolute Gasteiger partial charge is 0.257 e. The Hall–Kier alpha value is -0.590. The Morgan fingerprint density at radius 1 is 1.18 bits per heavy atom. The summed E-state index contributed by atoms with van der Waals surface area (Å²) in [6.07, 6.45) is 5.91. The van der Waals surface area contributed by atoms with Gasteiger partial charge in [0, 0.05) is 6.54 Å². The standard InChI is InChI=1S/C8H15N3/c9-7-8-5-3-1-2-4-6-10-11-8/h8,10-11H,1-6H2. The summed E-state index contributed by atoms with van der Waals surface area (Å²) in [4.78, 5) is 0. The summed E-state index contributed by atoms with van der Waals surface area (Å²) in [5.41, 5.74) is 6.06. The van der Waals surface area contributed by atoms with E-state index in [0.717, 1.165) is 13.0 Å². The molecule has 1 atom stereocenters. The average Bonchev–Trinajstić information content (AvgIpc) is 2.16. The minimum atomic E-state index is 0.00750. The van der Waals surface area contributed by atoms with E-state index in [4.69, 9.17) is 5.26 Å². The van der Waals surface area contributed by atoms with Crippen molar-refractivity contribution in [3.05, 3.63) is 0 Å². The summed E-state index contributed by atoms with van der Waals surface area (Å²) in [6, 6.07) is 2.23. The summed E-state index contributed by atoms with van der Waals surface area (Å²) in [5.74, 6) is 0. The maximum absolute atomic E-state index is 8.65. The van der Waals surface area contributed by atoms with Crippen LogP contribution in [0.25, 0.3) is 0 Å². The molecule has 1 unspecified atom stereocenters. The van der Waals surface area contributed by atoms with Crippen molar-refractivity contribution in [3.8, 4) is 6.07 Å². The van der Waals surface area contributed by atoms with E-state index in [1.54, 1.807) is 0 Å². The van der Waals surface area contributed by atoms with Crippen LogP contribution in [-0.4, -0.2) is 12.6 Å². The molecule has 0 saturated carbocycles. The van der Waals surface area contributed by atoms with Crippen LogP contribution >= 0.6 is 0 Å². The molecule has 0 aromatic carbocycles. The molecule has 0 amide bonds. The summed E-state index contributed by atoms with van der Waals surface area (Å²) < 4.78 is 0. The van der Waals surface area contributed by atoms with Gasteiger partial charge < -0.3 is 0 Å². The fraction of sp³-hybridized carbons (Fsp3) is 0.875. The fourth-order valence-corrected chi connectivity index (χ4v) is 1.28. The molecular formula is C8H15N3. The number of hydrogen-bond donors (Lipinski definition) is 2. The van der Waals surface area contributed by atoms with E-state index in [1.807, 2.05) is 0 Å². The second-order valence-corrected chi connectivity index (χ2v) is 2.96. The molecule has 0 aliphatic carbocycles. The molecule has 0 spiro atoms. The van der Waals surface area contributed by atoms with Crippen LogP contribution in [0, 0.1) is 11.3 Å². The van der Waals surface area contributed by atoms with Crippen molar-refractivity contribution in [2.24, 2.45) is 0 Å². The summed E-state index contributed by atoms with van der Waals surface area (Å²) in [5, 5.41) is 8.65. The van der Waals surface area contributed by atoms with Crippen LogP contribution in [0.5, 0.6) is 0 Å². The molecule has 1 rings (SSSR count). The van der Waals surface area contributed by atoms with E-state index in [0.29, 0.717) is 0 Å². The number of nitrogens with one attached hydrogen (secondary N) is 2. The lowest BCUT2D eigenvalue weighted by Crippen LogP contribution is -2.39. The number of nitriles is 1. The molecular weight excluding hydrogens is 138 g/mol. The Morgan fingerprint density at radius 2 is 2.00 bits per heavy atom. The molecule has 1 heterocycles. The predicted molar refractivity (Wildman–Crippen MR) is 43.6 cm³/mol. The van der Waals surface area contributed by atoms with Gasteiger partial charge in [-0.05, 0) is 12.8 Å². The van der Waals surface area contributed by atoms with Crippen molar-refractivity contribution in [2.75, 3.05) is 6.54 Å². The molecule has 2 N–H and O–H groups in total. The number of hydrogen-bond acceptors (Lipinski definition) is 3. The second-order valence-electron chi connectivity index (χ2n) is 2.96. The van der Waals surface area contributed by atoms with Crippen LogP contribution in [0.2, 0.25) is 0 Å². The highest BCUT2D eigenvalue weighted by molar-refractivity contribution is 4.88. The van der Waals surface area contributed by atoms with Gasteiger partial charge >= 0.3 is 0 Å². The van der Waals surface area contributed by atoms with E-state index < -0.39 is 0 Å². The van der Waals surface area contributed by atoms with E-state index in [-0.39, 0.29) is 6.04 Å². The minimum Gasteiger partial charge on any atom is -0.257 e. The topological polar surface area (TPSA) is 47.9 Å². The van der Waals surface area contributed by atoms with Gasteiger partial charge in [0.25, 0.3) is 0 Å². The van der Waals surface area contributed by atoms with Gasteiger partial charge in [0.2, 0.25) is 0 Å². The van der Waals surface area contributed by atoms with Crippen molar-refractivity contribution < 1.29 is 0 Å². The van der Waals surface area contributed by atoms with Crippen molar-refractivity contribution in [1.82, 2.24) is 10.9 Å². The van der Waals surface area contributed by atoms with Gasteiger partial charge in [0.05, 0.1) is 6.07 Å². The average molecular weight is 153 g/mol. The first-order chi connectivity index (χ1) is 5.43. The maximum atomic E-state index is 8.65. The zero-order valence-corrected chi connectivity index (χ0v) is 6.77. The highest BCUT2D eigenvalue weighted by Gasteiger charge is 2.06. The van der Waals surface area contributed by atoms with Gasteiger partial charge in [-0.1, -0.05) is 19.3 Å². The number of hydrazine groups is 1. The molecule has 0 aromatic heterocycles. The molecule has 1 fully saturated rings. The summed E-state index contributed by atoms with van der Waals surface area (Å²) in [6.45, 7) is 0.984. The Bertz CT molecular complexity index is 129. The highest BCUT2D eigenvalue weighted by atomic mass is 15.4. The van der Waals surface area contributed by atoms with Gasteiger partial charge in [-0.15, -0.1) is 0 Å². The van der Waals surface area contributed by atoms with E-state index >= 15 is 0 Å². The van der Waals surface area contributed by atoms with Crippen LogP contribution in [0.1, 0.15) is 32.1 Å².